The maximum atomic E-state index is 6.48. The second-order valence-corrected chi connectivity index (χ2v) is 8.57. The molecule has 1 aromatic heterocycles. The lowest BCUT2D eigenvalue weighted by Gasteiger charge is -2.27. The van der Waals surface area contributed by atoms with Gasteiger partial charge in [-0.25, -0.2) is 4.57 Å². The Labute approximate surface area is 165 Å². The molecule has 4 aromatic rings. The van der Waals surface area contributed by atoms with Gasteiger partial charge in [0.25, 0.3) is 0 Å². The lowest BCUT2D eigenvalue weighted by molar-refractivity contribution is -0.659. The molecule has 2 heteroatoms. The average Bonchev–Trinajstić information content (AvgIpc) is 2.92. The van der Waals surface area contributed by atoms with Crippen LogP contribution < -0.4 is 9.30 Å². The van der Waals surface area contributed by atoms with Gasteiger partial charge in [0.1, 0.15) is 18.5 Å². The number of nitrogens with zero attached hydrogens (tertiary/aromatic N) is 1. The van der Waals surface area contributed by atoms with Crippen molar-refractivity contribution >= 4 is 10.8 Å². The standard InChI is InChI=1S/C26H22NO/c1-15-22-21(14-18-17-9-5-6-10-19(17)26(2,3)24(15)18)28-20-11-7-8-16-12-13-27(4)25(22)23(16)20/h5-14H,1-4H3/q+1. The number of hydrogen-bond acceptors (Lipinski definition) is 1. The van der Waals surface area contributed by atoms with Crippen LogP contribution in [0.15, 0.2) is 60.8 Å². The molecule has 0 atom stereocenters. The Balaban J connectivity index is 1.78. The summed E-state index contributed by atoms with van der Waals surface area (Å²) in [5.41, 5.74) is 9.25. The van der Waals surface area contributed by atoms with E-state index < -0.39 is 0 Å². The van der Waals surface area contributed by atoms with Gasteiger partial charge in [-0.15, -0.1) is 0 Å². The van der Waals surface area contributed by atoms with Crippen molar-refractivity contribution in [2.75, 3.05) is 0 Å². The molecule has 1 aliphatic carbocycles. The van der Waals surface area contributed by atoms with Gasteiger partial charge < -0.3 is 4.74 Å². The van der Waals surface area contributed by atoms with E-state index in [-0.39, 0.29) is 5.41 Å². The normalized spacial score (nSPS) is 15.0. The van der Waals surface area contributed by atoms with Gasteiger partial charge in [-0.1, -0.05) is 50.2 Å². The first-order valence-electron chi connectivity index (χ1n) is 9.86. The summed E-state index contributed by atoms with van der Waals surface area (Å²) in [7, 11) is 2.13. The van der Waals surface area contributed by atoms with Crippen molar-refractivity contribution < 1.29 is 9.30 Å². The number of pyridine rings is 1. The van der Waals surface area contributed by atoms with Crippen molar-refractivity contribution in [1.29, 1.82) is 0 Å². The third-order valence-corrected chi connectivity index (χ3v) is 6.64. The Morgan fingerprint density at radius 3 is 2.57 bits per heavy atom. The van der Waals surface area contributed by atoms with Crippen molar-refractivity contribution in [1.82, 2.24) is 0 Å². The van der Waals surface area contributed by atoms with E-state index in [0.29, 0.717) is 0 Å². The topological polar surface area (TPSA) is 13.1 Å². The third-order valence-electron chi connectivity index (χ3n) is 6.64. The van der Waals surface area contributed by atoms with Gasteiger partial charge in [-0.3, -0.25) is 0 Å². The Bertz CT molecular complexity index is 1330. The molecule has 1 aliphatic heterocycles. The smallest absolute Gasteiger partial charge is 0.228 e. The highest BCUT2D eigenvalue weighted by Crippen LogP contribution is 2.56. The average molecular weight is 364 g/mol. The van der Waals surface area contributed by atoms with E-state index in [1.807, 2.05) is 0 Å². The second-order valence-electron chi connectivity index (χ2n) is 8.57. The van der Waals surface area contributed by atoms with Crippen LogP contribution in [0.3, 0.4) is 0 Å². The fraction of sp³-hybridized carbons (Fsp3) is 0.192. The number of fused-ring (bicyclic) bond motifs is 5. The Hall–Kier alpha value is -3.13. The second kappa shape index (κ2) is 5.02. The van der Waals surface area contributed by atoms with Crippen molar-refractivity contribution in [2.24, 2.45) is 7.05 Å². The minimum Gasteiger partial charge on any atom is -0.456 e. The van der Waals surface area contributed by atoms with Crippen LogP contribution in [-0.2, 0) is 12.5 Å². The van der Waals surface area contributed by atoms with Crippen LogP contribution in [0.5, 0.6) is 11.5 Å². The molecule has 0 radical (unpaired) electrons. The molecule has 3 aromatic carbocycles. The van der Waals surface area contributed by atoms with Crippen molar-refractivity contribution in [3.05, 3.63) is 77.5 Å². The van der Waals surface area contributed by atoms with Gasteiger partial charge >= 0.3 is 0 Å². The molecule has 0 N–H and O–H groups in total. The van der Waals surface area contributed by atoms with E-state index in [9.17, 15) is 0 Å². The summed E-state index contributed by atoms with van der Waals surface area (Å²) in [6, 6.07) is 19.5. The van der Waals surface area contributed by atoms with E-state index in [0.717, 1.165) is 11.5 Å². The summed E-state index contributed by atoms with van der Waals surface area (Å²) in [4.78, 5) is 0. The summed E-state index contributed by atoms with van der Waals surface area (Å²) < 4.78 is 8.72. The minimum atomic E-state index is -0.0194. The van der Waals surface area contributed by atoms with Gasteiger partial charge in [-0.2, -0.15) is 0 Å². The van der Waals surface area contributed by atoms with Gasteiger partial charge in [0.15, 0.2) is 6.20 Å². The summed E-state index contributed by atoms with van der Waals surface area (Å²) in [6.45, 7) is 6.95. The van der Waals surface area contributed by atoms with E-state index in [1.165, 1.54) is 49.8 Å². The monoisotopic (exact) mass is 364 g/mol. The van der Waals surface area contributed by atoms with Crippen LogP contribution in [0.2, 0.25) is 0 Å². The zero-order valence-electron chi connectivity index (χ0n) is 16.6. The van der Waals surface area contributed by atoms with E-state index >= 15 is 0 Å². The van der Waals surface area contributed by atoms with E-state index in [2.05, 4.69) is 93.2 Å². The molecule has 28 heavy (non-hydrogen) atoms. The predicted octanol–water partition coefficient (Wildman–Crippen LogP) is 6.05. The highest BCUT2D eigenvalue weighted by Gasteiger charge is 2.40. The minimum absolute atomic E-state index is 0.0194. The number of hydrogen-bond donors (Lipinski definition) is 0. The number of benzene rings is 3. The molecule has 0 spiro atoms. The highest BCUT2D eigenvalue weighted by atomic mass is 16.5. The molecule has 0 fully saturated rings. The Morgan fingerprint density at radius 1 is 0.893 bits per heavy atom. The Kier molecular flexibility index (Phi) is 2.85. The molecule has 0 unspecified atom stereocenters. The quantitative estimate of drug-likeness (QED) is 0.305. The first-order valence-corrected chi connectivity index (χ1v) is 9.86. The van der Waals surface area contributed by atoms with E-state index in [1.54, 1.807) is 0 Å². The Morgan fingerprint density at radius 2 is 1.71 bits per heavy atom. The van der Waals surface area contributed by atoms with Crippen molar-refractivity contribution in [3.8, 4) is 33.9 Å². The fourth-order valence-corrected chi connectivity index (χ4v) is 5.47. The fourth-order valence-electron chi connectivity index (χ4n) is 5.47. The van der Waals surface area contributed by atoms with Gasteiger partial charge in [0.05, 0.1) is 10.9 Å². The highest BCUT2D eigenvalue weighted by molar-refractivity contribution is 6.03. The summed E-state index contributed by atoms with van der Waals surface area (Å²) >= 11 is 0. The number of ether oxygens (including phenoxy) is 1. The van der Waals surface area contributed by atoms with Crippen LogP contribution in [-0.4, -0.2) is 0 Å². The van der Waals surface area contributed by atoms with Crippen LogP contribution in [0.4, 0.5) is 0 Å². The van der Waals surface area contributed by atoms with Gasteiger partial charge in [0.2, 0.25) is 5.69 Å². The number of aryl methyl sites for hydroxylation is 1. The number of aromatic nitrogens is 1. The van der Waals surface area contributed by atoms with E-state index in [4.69, 9.17) is 4.74 Å². The SMILES string of the molecule is Cc1c2c(cc3c1C(C)(C)c1ccccc1-3)Oc1cccc3cc[n+](C)c-2c13. The molecular formula is C26H22NO+. The molecule has 2 nitrogen and oxygen atoms in total. The van der Waals surface area contributed by atoms with Crippen molar-refractivity contribution in [2.45, 2.75) is 26.2 Å². The van der Waals surface area contributed by atoms with Crippen molar-refractivity contribution in [3.63, 3.8) is 0 Å². The molecule has 0 saturated carbocycles. The summed E-state index contributed by atoms with van der Waals surface area (Å²) in [6.07, 6.45) is 2.16. The van der Waals surface area contributed by atoms with Crippen LogP contribution in [0.1, 0.15) is 30.5 Å². The third kappa shape index (κ3) is 1.76. The molecule has 0 amide bonds. The van der Waals surface area contributed by atoms with Gasteiger partial charge in [-0.05, 0) is 52.3 Å². The summed E-state index contributed by atoms with van der Waals surface area (Å²) in [5.74, 6) is 1.91. The molecule has 6 rings (SSSR count). The molecular weight excluding hydrogens is 342 g/mol. The largest absolute Gasteiger partial charge is 0.456 e. The predicted molar refractivity (Wildman–Crippen MR) is 113 cm³/mol. The van der Waals surface area contributed by atoms with Gasteiger partial charge in [0, 0.05) is 11.5 Å². The maximum absolute atomic E-state index is 6.48. The lowest BCUT2D eigenvalue weighted by Crippen LogP contribution is -2.32. The molecule has 2 aliphatic rings. The molecule has 136 valence electrons. The summed E-state index contributed by atoms with van der Waals surface area (Å²) in [5, 5.41) is 2.43. The van der Waals surface area contributed by atoms with Crippen LogP contribution >= 0.6 is 0 Å². The number of rotatable bonds is 0. The molecule has 0 bridgehead atoms. The zero-order valence-corrected chi connectivity index (χ0v) is 16.6. The van der Waals surface area contributed by atoms with Crippen LogP contribution in [0, 0.1) is 6.92 Å². The first-order chi connectivity index (χ1) is 13.5. The maximum Gasteiger partial charge on any atom is 0.228 e. The lowest BCUT2D eigenvalue weighted by atomic mass is 9.78. The first kappa shape index (κ1) is 15.9. The molecule has 2 heterocycles. The van der Waals surface area contributed by atoms with Crippen LogP contribution in [0.25, 0.3) is 33.2 Å². The molecule has 0 saturated heterocycles. The zero-order chi connectivity index (χ0) is 19.2.